The molecule has 0 spiro atoms. The summed E-state index contributed by atoms with van der Waals surface area (Å²) in [4.78, 5) is 32.0. The zero-order valence-electron chi connectivity index (χ0n) is 17.7. The number of ether oxygens (including phenoxy) is 1. The molecule has 1 saturated heterocycles. The SMILES string of the molecule is Cc1ccc(O[C@@H](C)C(=O)N2CCC(c3cncc(Nc4ncccn4)n3)CC2)cc1. The summed E-state index contributed by atoms with van der Waals surface area (Å²) in [5.74, 6) is 2.08. The molecule has 1 aromatic carbocycles. The standard InChI is InChI=1S/C23H26N6O2/c1-16-4-6-19(7-5-16)31-17(2)22(30)29-12-8-18(9-13-29)20-14-24-15-21(27-20)28-23-25-10-3-11-26-23/h3-7,10-11,14-15,17-18H,8-9,12-13H2,1-2H3,(H,25,26,27,28)/t17-/m0/s1. The maximum atomic E-state index is 12.8. The number of hydrogen-bond acceptors (Lipinski definition) is 7. The number of nitrogens with zero attached hydrogens (tertiary/aromatic N) is 5. The van der Waals surface area contributed by atoms with Gasteiger partial charge in [0.05, 0.1) is 11.9 Å². The van der Waals surface area contributed by atoms with E-state index >= 15 is 0 Å². The predicted molar refractivity (Wildman–Crippen MR) is 117 cm³/mol. The average Bonchev–Trinajstić information content (AvgIpc) is 2.81. The molecule has 4 rings (SSSR count). The van der Waals surface area contributed by atoms with Crippen LogP contribution in [0.2, 0.25) is 0 Å². The minimum Gasteiger partial charge on any atom is -0.481 e. The average molecular weight is 419 g/mol. The lowest BCUT2D eigenvalue weighted by molar-refractivity contribution is -0.139. The number of carbonyl (C=O) groups is 1. The van der Waals surface area contributed by atoms with Gasteiger partial charge >= 0.3 is 0 Å². The van der Waals surface area contributed by atoms with E-state index in [4.69, 9.17) is 4.74 Å². The van der Waals surface area contributed by atoms with Crippen molar-refractivity contribution in [2.75, 3.05) is 18.4 Å². The number of rotatable bonds is 6. The van der Waals surface area contributed by atoms with Crippen LogP contribution in [0.3, 0.4) is 0 Å². The topological polar surface area (TPSA) is 93.1 Å². The van der Waals surface area contributed by atoms with Crippen molar-refractivity contribution in [3.63, 3.8) is 0 Å². The maximum absolute atomic E-state index is 12.8. The Morgan fingerprint density at radius 3 is 2.55 bits per heavy atom. The molecule has 2 aromatic heterocycles. The van der Waals surface area contributed by atoms with E-state index in [-0.39, 0.29) is 11.8 Å². The number of likely N-dealkylation sites (tertiary alicyclic amines) is 1. The van der Waals surface area contributed by atoms with E-state index in [1.54, 1.807) is 37.8 Å². The van der Waals surface area contributed by atoms with Crippen molar-refractivity contribution in [2.45, 2.75) is 38.7 Å². The van der Waals surface area contributed by atoms with Crippen LogP contribution in [-0.4, -0.2) is 49.9 Å². The highest BCUT2D eigenvalue weighted by Crippen LogP contribution is 2.28. The lowest BCUT2D eigenvalue weighted by Gasteiger charge is -2.33. The van der Waals surface area contributed by atoms with Crippen molar-refractivity contribution in [3.8, 4) is 5.75 Å². The van der Waals surface area contributed by atoms with Crippen LogP contribution in [0.15, 0.2) is 55.1 Å². The first kappa shape index (κ1) is 20.7. The van der Waals surface area contributed by atoms with E-state index in [1.807, 2.05) is 36.1 Å². The van der Waals surface area contributed by atoms with E-state index in [9.17, 15) is 4.79 Å². The Hall–Kier alpha value is -3.55. The summed E-state index contributed by atoms with van der Waals surface area (Å²) in [7, 11) is 0. The molecule has 3 aromatic rings. The number of carbonyl (C=O) groups excluding carboxylic acids is 1. The van der Waals surface area contributed by atoms with Gasteiger partial charge in [-0.05, 0) is 44.9 Å². The molecule has 1 N–H and O–H groups in total. The van der Waals surface area contributed by atoms with Gasteiger partial charge in [-0.1, -0.05) is 17.7 Å². The molecule has 160 valence electrons. The highest BCUT2D eigenvalue weighted by atomic mass is 16.5. The molecule has 0 bridgehead atoms. The van der Waals surface area contributed by atoms with Gasteiger partial charge in [0.1, 0.15) is 5.75 Å². The Kier molecular flexibility index (Phi) is 6.35. The minimum atomic E-state index is -0.516. The highest BCUT2D eigenvalue weighted by molar-refractivity contribution is 5.81. The molecule has 3 heterocycles. The molecule has 0 saturated carbocycles. The number of amides is 1. The quantitative estimate of drug-likeness (QED) is 0.655. The summed E-state index contributed by atoms with van der Waals surface area (Å²) < 4.78 is 5.83. The molecule has 0 radical (unpaired) electrons. The molecule has 1 amide bonds. The fraction of sp³-hybridized carbons (Fsp3) is 0.348. The second kappa shape index (κ2) is 9.51. The first-order valence-electron chi connectivity index (χ1n) is 10.5. The van der Waals surface area contributed by atoms with Crippen LogP contribution in [0.5, 0.6) is 5.75 Å². The van der Waals surface area contributed by atoms with Crippen molar-refractivity contribution in [3.05, 3.63) is 66.4 Å². The zero-order chi connectivity index (χ0) is 21.6. The van der Waals surface area contributed by atoms with Gasteiger partial charge in [0.2, 0.25) is 5.95 Å². The Morgan fingerprint density at radius 1 is 1.13 bits per heavy atom. The molecular formula is C23H26N6O2. The molecule has 1 fully saturated rings. The maximum Gasteiger partial charge on any atom is 0.263 e. The number of benzene rings is 1. The van der Waals surface area contributed by atoms with Gasteiger partial charge in [0.15, 0.2) is 11.9 Å². The number of aromatic nitrogens is 4. The third-order valence-corrected chi connectivity index (χ3v) is 5.37. The highest BCUT2D eigenvalue weighted by Gasteiger charge is 2.28. The summed E-state index contributed by atoms with van der Waals surface area (Å²) >= 11 is 0. The van der Waals surface area contributed by atoms with Gasteiger partial charge < -0.3 is 15.0 Å². The van der Waals surface area contributed by atoms with E-state index in [0.29, 0.717) is 30.6 Å². The number of anilines is 2. The van der Waals surface area contributed by atoms with E-state index in [0.717, 1.165) is 24.1 Å². The summed E-state index contributed by atoms with van der Waals surface area (Å²) in [5, 5.41) is 3.08. The van der Waals surface area contributed by atoms with Gasteiger partial charge in [-0.15, -0.1) is 0 Å². The molecular weight excluding hydrogens is 392 g/mol. The van der Waals surface area contributed by atoms with Crippen molar-refractivity contribution < 1.29 is 9.53 Å². The van der Waals surface area contributed by atoms with Crippen LogP contribution in [0.4, 0.5) is 11.8 Å². The van der Waals surface area contributed by atoms with Gasteiger partial charge in [0, 0.05) is 37.6 Å². The molecule has 0 aliphatic carbocycles. The third kappa shape index (κ3) is 5.33. The second-order valence-corrected chi connectivity index (χ2v) is 7.70. The first-order chi connectivity index (χ1) is 15.1. The fourth-order valence-electron chi connectivity index (χ4n) is 3.64. The normalized spacial score (nSPS) is 15.4. The summed E-state index contributed by atoms with van der Waals surface area (Å²) in [6.45, 7) is 5.17. The minimum absolute atomic E-state index is 0.0155. The van der Waals surface area contributed by atoms with Crippen LogP contribution in [-0.2, 0) is 4.79 Å². The Morgan fingerprint density at radius 2 is 1.84 bits per heavy atom. The number of piperidine rings is 1. The van der Waals surface area contributed by atoms with Crippen LogP contribution in [0, 0.1) is 6.92 Å². The molecule has 0 unspecified atom stereocenters. The van der Waals surface area contributed by atoms with Crippen LogP contribution in [0.1, 0.15) is 36.9 Å². The molecule has 1 aliphatic rings. The number of aryl methyl sites for hydroxylation is 1. The fourth-order valence-corrected chi connectivity index (χ4v) is 3.64. The monoisotopic (exact) mass is 418 g/mol. The molecule has 8 nitrogen and oxygen atoms in total. The molecule has 31 heavy (non-hydrogen) atoms. The molecule has 8 heteroatoms. The second-order valence-electron chi connectivity index (χ2n) is 7.70. The Labute approximate surface area is 181 Å². The van der Waals surface area contributed by atoms with Crippen molar-refractivity contribution in [2.24, 2.45) is 0 Å². The van der Waals surface area contributed by atoms with E-state index in [2.05, 4.69) is 25.3 Å². The Balaban J connectivity index is 1.32. The van der Waals surface area contributed by atoms with Gasteiger partial charge in [-0.2, -0.15) is 0 Å². The summed E-state index contributed by atoms with van der Waals surface area (Å²) in [6.07, 6.45) is 7.94. The number of nitrogens with one attached hydrogen (secondary N) is 1. The van der Waals surface area contributed by atoms with Crippen LogP contribution in [0.25, 0.3) is 0 Å². The predicted octanol–water partition coefficient (Wildman–Crippen LogP) is 3.49. The van der Waals surface area contributed by atoms with Gasteiger partial charge in [-0.3, -0.25) is 9.78 Å². The van der Waals surface area contributed by atoms with Gasteiger partial charge in [-0.25, -0.2) is 15.0 Å². The zero-order valence-corrected chi connectivity index (χ0v) is 17.7. The largest absolute Gasteiger partial charge is 0.481 e. The van der Waals surface area contributed by atoms with Crippen LogP contribution >= 0.6 is 0 Å². The van der Waals surface area contributed by atoms with E-state index in [1.165, 1.54) is 0 Å². The first-order valence-corrected chi connectivity index (χ1v) is 10.5. The lowest BCUT2D eigenvalue weighted by atomic mass is 9.93. The summed E-state index contributed by atoms with van der Waals surface area (Å²) in [6, 6.07) is 9.50. The summed E-state index contributed by atoms with van der Waals surface area (Å²) in [5.41, 5.74) is 2.07. The molecule has 1 atom stereocenters. The van der Waals surface area contributed by atoms with Crippen molar-refractivity contribution in [1.82, 2.24) is 24.8 Å². The number of hydrogen-bond donors (Lipinski definition) is 1. The smallest absolute Gasteiger partial charge is 0.263 e. The Bertz CT molecular complexity index is 1000. The van der Waals surface area contributed by atoms with E-state index < -0.39 is 6.10 Å². The van der Waals surface area contributed by atoms with Crippen molar-refractivity contribution >= 4 is 17.7 Å². The van der Waals surface area contributed by atoms with Crippen LogP contribution < -0.4 is 10.1 Å². The van der Waals surface area contributed by atoms with Gasteiger partial charge in [0.25, 0.3) is 5.91 Å². The van der Waals surface area contributed by atoms with Crippen molar-refractivity contribution in [1.29, 1.82) is 0 Å². The third-order valence-electron chi connectivity index (χ3n) is 5.37. The lowest BCUT2D eigenvalue weighted by Crippen LogP contribution is -2.44. The molecule has 1 aliphatic heterocycles.